The van der Waals surface area contributed by atoms with Crippen molar-refractivity contribution in [3.63, 3.8) is 0 Å². The average molecular weight is 267 g/mol. The molecule has 6 heteroatoms. The van der Waals surface area contributed by atoms with E-state index in [0.29, 0.717) is 12.2 Å². The largest absolute Gasteiger partial charge is 0.368 e. The Labute approximate surface area is 107 Å². The maximum atomic E-state index is 11.4. The van der Waals surface area contributed by atoms with Gasteiger partial charge in [0.25, 0.3) is 0 Å². The van der Waals surface area contributed by atoms with Crippen molar-refractivity contribution in [1.29, 1.82) is 0 Å². The molecule has 1 atom stereocenters. The molecule has 0 aliphatic carbocycles. The van der Waals surface area contributed by atoms with Gasteiger partial charge < -0.3 is 5.73 Å². The third kappa shape index (κ3) is 3.12. The summed E-state index contributed by atoms with van der Waals surface area (Å²) in [7, 11) is 0. The van der Waals surface area contributed by atoms with E-state index in [4.69, 9.17) is 5.73 Å². The summed E-state index contributed by atoms with van der Waals surface area (Å²) in [5, 5.41) is 7.94. The molecule has 0 aliphatic heterocycles. The van der Waals surface area contributed by atoms with Crippen LogP contribution in [0, 0.1) is 6.92 Å². The number of carbonyl (C=O) groups is 1. The summed E-state index contributed by atoms with van der Waals surface area (Å²) in [6.45, 7) is 2.54. The lowest BCUT2D eigenvalue weighted by Crippen LogP contribution is -2.33. The van der Waals surface area contributed by atoms with Crippen molar-refractivity contribution in [2.24, 2.45) is 5.73 Å². The fraction of sp³-hybridized carbons (Fsp3) is 0.273. The second-order valence-electron chi connectivity index (χ2n) is 3.59. The maximum absolute atomic E-state index is 11.4. The first-order valence-electron chi connectivity index (χ1n) is 5.14. The third-order valence-corrected chi connectivity index (χ3v) is 3.95. The van der Waals surface area contributed by atoms with Crippen LogP contribution >= 0.6 is 22.7 Å². The zero-order chi connectivity index (χ0) is 12.3. The molecular formula is C11H13N3OS2. The van der Waals surface area contributed by atoms with Crippen molar-refractivity contribution >= 4 is 28.6 Å². The predicted octanol–water partition coefficient (Wildman–Crippen LogP) is 1.83. The predicted molar refractivity (Wildman–Crippen MR) is 69.9 cm³/mol. The van der Waals surface area contributed by atoms with Gasteiger partial charge in [-0.25, -0.2) is 4.98 Å². The van der Waals surface area contributed by atoms with Crippen molar-refractivity contribution < 1.29 is 4.79 Å². The van der Waals surface area contributed by atoms with Gasteiger partial charge in [-0.1, -0.05) is 6.07 Å². The Morgan fingerprint density at radius 1 is 1.59 bits per heavy atom. The summed E-state index contributed by atoms with van der Waals surface area (Å²) >= 11 is 3.16. The highest BCUT2D eigenvalue weighted by Gasteiger charge is 2.19. The molecule has 3 N–H and O–H groups in total. The highest BCUT2D eigenvalue weighted by atomic mass is 32.1. The number of aromatic nitrogens is 1. The number of nitrogens with two attached hydrogens (primary N) is 1. The Hall–Kier alpha value is -1.24. The molecule has 2 aromatic heterocycles. The molecule has 0 spiro atoms. The van der Waals surface area contributed by atoms with Gasteiger partial charge in [0.05, 0.1) is 10.7 Å². The van der Waals surface area contributed by atoms with Crippen LogP contribution < -0.4 is 11.1 Å². The number of thiophene rings is 1. The summed E-state index contributed by atoms with van der Waals surface area (Å²) in [5.41, 5.74) is 6.09. The minimum absolute atomic E-state index is 0.396. The molecule has 2 rings (SSSR count). The number of thiazole rings is 1. The second-order valence-corrected chi connectivity index (χ2v) is 5.68. The van der Waals surface area contributed by atoms with Crippen molar-refractivity contribution in [2.45, 2.75) is 19.5 Å². The fourth-order valence-corrected chi connectivity index (χ4v) is 2.77. The summed E-state index contributed by atoms with van der Waals surface area (Å²) in [6.07, 6.45) is 0. The van der Waals surface area contributed by atoms with Crippen LogP contribution in [0.2, 0.25) is 0 Å². The van der Waals surface area contributed by atoms with E-state index in [-0.39, 0.29) is 0 Å². The Kier molecular flexibility index (Phi) is 3.88. The molecule has 1 unspecified atom stereocenters. The Balaban J connectivity index is 2.05. The molecule has 2 heterocycles. The Morgan fingerprint density at radius 2 is 2.41 bits per heavy atom. The zero-order valence-corrected chi connectivity index (χ0v) is 11.0. The van der Waals surface area contributed by atoms with Crippen molar-refractivity contribution in [2.75, 3.05) is 0 Å². The number of carbonyl (C=O) groups excluding carboxylic acids is 1. The molecule has 0 fully saturated rings. The van der Waals surface area contributed by atoms with Crippen LogP contribution in [0.25, 0.3) is 0 Å². The summed E-state index contributed by atoms with van der Waals surface area (Å²) < 4.78 is 0. The third-order valence-electron chi connectivity index (χ3n) is 2.28. The lowest BCUT2D eigenvalue weighted by molar-refractivity contribution is -0.120. The van der Waals surface area contributed by atoms with Crippen LogP contribution in [0.5, 0.6) is 0 Å². The lowest BCUT2D eigenvalue weighted by atomic mass is 10.2. The van der Waals surface area contributed by atoms with Crippen LogP contribution in [-0.2, 0) is 11.3 Å². The van der Waals surface area contributed by atoms with Crippen molar-refractivity contribution in [3.05, 3.63) is 38.5 Å². The SMILES string of the molecule is Cc1nc(C(NCc2cccs2)C(N)=O)cs1. The quantitative estimate of drug-likeness (QED) is 0.868. The van der Waals surface area contributed by atoms with Gasteiger partial charge in [0.1, 0.15) is 6.04 Å². The number of aryl methyl sites for hydroxylation is 1. The first kappa shape index (κ1) is 12.2. The average Bonchev–Trinajstić information content (AvgIpc) is 2.90. The van der Waals surface area contributed by atoms with Crippen LogP contribution in [0.3, 0.4) is 0 Å². The van der Waals surface area contributed by atoms with E-state index in [9.17, 15) is 4.79 Å². The summed E-state index contributed by atoms with van der Waals surface area (Å²) in [6, 6.07) is 3.48. The molecule has 17 heavy (non-hydrogen) atoms. The highest BCUT2D eigenvalue weighted by Crippen LogP contribution is 2.17. The first-order chi connectivity index (χ1) is 8.16. The zero-order valence-electron chi connectivity index (χ0n) is 9.34. The van der Waals surface area contributed by atoms with Crippen LogP contribution in [-0.4, -0.2) is 10.9 Å². The van der Waals surface area contributed by atoms with Gasteiger partial charge in [-0.3, -0.25) is 10.1 Å². The fourth-order valence-electron chi connectivity index (χ4n) is 1.48. The van der Waals surface area contributed by atoms with Gasteiger partial charge in [-0.15, -0.1) is 22.7 Å². The van der Waals surface area contributed by atoms with Gasteiger partial charge in [0.2, 0.25) is 5.91 Å². The minimum Gasteiger partial charge on any atom is -0.368 e. The molecule has 0 saturated heterocycles. The van der Waals surface area contributed by atoms with Gasteiger partial charge >= 0.3 is 0 Å². The smallest absolute Gasteiger partial charge is 0.240 e. The molecule has 90 valence electrons. The standard InChI is InChI=1S/C11H13N3OS2/c1-7-14-9(6-17-7)10(11(12)15)13-5-8-3-2-4-16-8/h2-4,6,10,13H,5H2,1H3,(H2,12,15). The number of hydrogen-bond acceptors (Lipinski definition) is 5. The maximum Gasteiger partial charge on any atom is 0.240 e. The number of primary amides is 1. The molecule has 2 aromatic rings. The Morgan fingerprint density at radius 3 is 2.94 bits per heavy atom. The van der Waals surface area contributed by atoms with E-state index >= 15 is 0 Å². The molecule has 0 aromatic carbocycles. The van der Waals surface area contributed by atoms with E-state index in [1.165, 1.54) is 16.2 Å². The molecule has 0 bridgehead atoms. The van der Waals surface area contributed by atoms with Crippen molar-refractivity contribution in [1.82, 2.24) is 10.3 Å². The van der Waals surface area contributed by atoms with Crippen LogP contribution in [0.1, 0.15) is 21.6 Å². The van der Waals surface area contributed by atoms with Gasteiger partial charge in [0.15, 0.2) is 0 Å². The molecule has 4 nitrogen and oxygen atoms in total. The second kappa shape index (κ2) is 5.39. The van der Waals surface area contributed by atoms with E-state index in [2.05, 4.69) is 10.3 Å². The topological polar surface area (TPSA) is 68.0 Å². The van der Waals surface area contributed by atoms with Gasteiger partial charge in [-0.2, -0.15) is 0 Å². The van der Waals surface area contributed by atoms with Gasteiger partial charge in [-0.05, 0) is 18.4 Å². The molecule has 0 aliphatic rings. The van der Waals surface area contributed by atoms with E-state index in [1.54, 1.807) is 11.3 Å². The monoisotopic (exact) mass is 267 g/mol. The summed E-state index contributed by atoms with van der Waals surface area (Å²) in [5.74, 6) is -0.396. The highest BCUT2D eigenvalue weighted by molar-refractivity contribution is 7.10. The van der Waals surface area contributed by atoms with Crippen LogP contribution in [0.4, 0.5) is 0 Å². The van der Waals surface area contributed by atoms with Crippen LogP contribution in [0.15, 0.2) is 22.9 Å². The van der Waals surface area contributed by atoms with E-state index < -0.39 is 11.9 Å². The number of nitrogens with one attached hydrogen (secondary N) is 1. The number of nitrogens with zero attached hydrogens (tertiary/aromatic N) is 1. The molecule has 0 radical (unpaired) electrons. The molecule has 1 amide bonds. The molecule has 0 saturated carbocycles. The molecular weight excluding hydrogens is 254 g/mol. The Bertz CT molecular complexity index is 493. The normalized spacial score (nSPS) is 12.5. The minimum atomic E-state index is -0.512. The number of amides is 1. The number of rotatable bonds is 5. The first-order valence-corrected chi connectivity index (χ1v) is 6.90. The van der Waals surface area contributed by atoms with Gasteiger partial charge in [0, 0.05) is 16.8 Å². The number of hydrogen-bond donors (Lipinski definition) is 2. The van der Waals surface area contributed by atoms with E-state index in [0.717, 1.165) is 5.01 Å². The van der Waals surface area contributed by atoms with Crippen molar-refractivity contribution in [3.8, 4) is 0 Å². The van der Waals surface area contributed by atoms with E-state index in [1.807, 2.05) is 29.8 Å². The summed E-state index contributed by atoms with van der Waals surface area (Å²) in [4.78, 5) is 16.9. The lowest BCUT2D eigenvalue weighted by Gasteiger charge is -2.12.